The molecule has 0 atom stereocenters. The second-order valence-electron chi connectivity index (χ2n) is 5.93. The number of rotatable bonds is 4. The lowest BCUT2D eigenvalue weighted by Gasteiger charge is -2.34. The van der Waals surface area contributed by atoms with E-state index < -0.39 is 0 Å². The second kappa shape index (κ2) is 7.79. The van der Waals surface area contributed by atoms with E-state index in [4.69, 9.17) is 16.3 Å². The fourth-order valence-electron chi connectivity index (χ4n) is 2.32. The highest BCUT2D eigenvalue weighted by Crippen LogP contribution is 2.21. The molecule has 122 valence electrons. The minimum Gasteiger partial charge on any atom is -0.449 e. The third kappa shape index (κ3) is 4.58. The van der Waals surface area contributed by atoms with Gasteiger partial charge in [-0.1, -0.05) is 31.5 Å². The fourth-order valence-corrected chi connectivity index (χ4v) is 2.55. The molecule has 1 aliphatic heterocycles. The molecule has 0 bridgehead atoms. The average molecular weight is 329 g/mol. The number of carbonyl (C=O) groups is 1. The van der Waals surface area contributed by atoms with Gasteiger partial charge in [-0.15, -0.1) is 0 Å². The minimum absolute atomic E-state index is 0.266. The van der Waals surface area contributed by atoms with Crippen molar-refractivity contribution >= 4 is 17.7 Å². The van der Waals surface area contributed by atoms with Gasteiger partial charge in [0.25, 0.3) is 0 Å². The number of benzene rings is 1. The van der Waals surface area contributed by atoms with Crippen molar-refractivity contribution in [3.63, 3.8) is 0 Å². The van der Waals surface area contributed by atoms with Crippen LogP contribution in [0.5, 0.6) is 0 Å². The van der Waals surface area contributed by atoms with Gasteiger partial charge in [0, 0.05) is 43.3 Å². The SMILES string of the molecule is CC(C)COC(=O)N1CCN(Cc2c(F)cccc2Cl)CC1. The molecule has 4 nitrogen and oxygen atoms in total. The first kappa shape index (κ1) is 17.0. The zero-order valence-corrected chi connectivity index (χ0v) is 13.8. The van der Waals surface area contributed by atoms with Crippen molar-refractivity contribution in [1.82, 2.24) is 9.80 Å². The van der Waals surface area contributed by atoms with Crippen LogP contribution in [0.1, 0.15) is 19.4 Å². The Hall–Kier alpha value is -1.33. The standard InChI is InChI=1S/C16H22ClFN2O2/c1-12(2)11-22-16(21)20-8-6-19(7-9-20)10-13-14(17)4-3-5-15(13)18/h3-5,12H,6-11H2,1-2H3. The molecular formula is C16H22ClFN2O2. The molecule has 0 saturated carbocycles. The zero-order chi connectivity index (χ0) is 16.1. The maximum atomic E-state index is 13.8. The largest absolute Gasteiger partial charge is 0.449 e. The summed E-state index contributed by atoms with van der Waals surface area (Å²) in [6.45, 7) is 7.44. The molecule has 2 rings (SSSR count). The smallest absolute Gasteiger partial charge is 0.409 e. The van der Waals surface area contributed by atoms with Crippen LogP contribution in [0, 0.1) is 11.7 Å². The molecular weight excluding hydrogens is 307 g/mol. The number of piperazine rings is 1. The summed E-state index contributed by atoms with van der Waals surface area (Å²) in [4.78, 5) is 15.7. The highest BCUT2D eigenvalue weighted by molar-refractivity contribution is 6.31. The van der Waals surface area contributed by atoms with Gasteiger partial charge in [0.05, 0.1) is 6.61 Å². The summed E-state index contributed by atoms with van der Waals surface area (Å²) >= 11 is 6.05. The van der Waals surface area contributed by atoms with Gasteiger partial charge in [-0.3, -0.25) is 4.90 Å². The van der Waals surface area contributed by atoms with E-state index in [-0.39, 0.29) is 11.9 Å². The minimum atomic E-state index is -0.286. The van der Waals surface area contributed by atoms with Crippen molar-refractivity contribution in [1.29, 1.82) is 0 Å². The van der Waals surface area contributed by atoms with E-state index >= 15 is 0 Å². The normalized spacial score (nSPS) is 16.1. The number of carbonyl (C=O) groups excluding carboxylic acids is 1. The molecule has 0 aliphatic carbocycles. The summed E-state index contributed by atoms with van der Waals surface area (Å²) in [5.41, 5.74) is 0.514. The van der Waals surface area contributed by atoms with Crippen molar-refractivity contribution in [3.05, 3.63) is 34.6 Å². The molecule has 1 fully saturated rings. The van der Waals surface area contributed by atoms with Gasteiger partial charge in [-0.2, -0.15) is 0 Å². The van der Waals surface area contributed by atoms with Crippen LogP contribution in [-0.4, -0.2) is 48.7 Å². The molecule has 1 saturated heterocycles. The van der Waals surface area contributed by atoms with Crippen molar-refractivity contribution in [3.8, 4) is 0 Å². The molecule has 22 heavy (non-hydrogen) atoms. The van der Waals surface area contributed by atoms with Crippen LogP contribution in [0.25, 0.3) is 0 Å². The Morgan fingerprint density at radius 2 is 2.00 bits per heavy atom. The van der Waals surface area contributed by atoms with E-state index in [2.05, 4.69) is 4.90 Å². The van der Waals surface area contributed by atoms with E-state index in [1.54, 1.807) is 17.0 Å². The van der Waals surface area contributed by atoms with E-state index in [1.807, 2.05) is 13.8 Å². The quantitative estimate of drug-likeness (QED) is 0.849. The number of halogens is 2. The Labute approximate surface area is 135 Å². The predicted molar refractivity (Wildman–Crippen MR) is 84.4 cm³/mol. The molecule has 0 N–H and O–H groups in total. The molecule has 0 spiro atoms. The molecule has 0 radical (unpaired) electrons. The van der Waals surface area contributed by atoms with Crippen molar-refractivity contribution in [2.45, 2.75) is 20.4 Å². The molecule has 0 aromatic heterocycles. The van der Waals surface area contributed by atoms with E-state index in [9.17, 15) is 9.18 Å². The zero-order valence-electron chi connectivity index (χ0n) is 13.0. The first-order valence-electron chi connectivity index (χ1n) is 7.54. The fraction of sp³-hybridized carbons (Fsp3) is 0.562. The maximum absolute atomic E-state index is 13.8. The van der Waals surface area contributed by atoms with Crippen LogP contribution >= 0.6 is 11.6 Å². The van der Waals surface area contributed by atoms with Gasteiger partial charge in [-0.25, -0.2) is 9.18 Å². The van der Waals surface area contributed by atoms with Gasteiger partial charge in [0.2, 0.25) is 0 Å². The monoisotopic (exact) mass is 328 g/mol. The number of nitrogens with zero attached hydrogens (tertiary/aromatic N) is 2. The summed E-state index contributed by atoms with van der Waals surface area (Å²) in [5.74, 6) is 0.0414. The number of hydrogen-bond donors (Lipinski definition) is 0. The third-order valence-corrected chi connectivity index (χ3v) is 3.97. The second-order valence-corrected chi connectivity index (χ2v) is 6.34. The van der Waals surface area contributed by atoms with Crippen LogP contribution in [-0.2, 0) is 11.3 Å². The van der Waals surface area contributed by atoms with Gasteiger partial charge in [0.15, 0.2) is 0 Å². The number of ether oxygens (including phenoxy) is 1. The number of amides is 1. The summed E-state index contributed by atoms with van der Waals surface area (Å²) in [6.07, 6.45) is -0.266. The van der Waals surface area contributed by atoms with E-state index in [1.165, 1.54) is 6.07 Å². The van der Waals surface area contributed by atoms with Crippen LogP contribution in [0.15, 0.2) is 18.2 Å². The van der Waals surface area contributed by atoms with Gasteiger partial charge in [-0.05, 0) is 18.1 Å². The first-order valence-corrected chi connectivity index (χ1v) is 7.92. The summed E-state index contributed by atoms with van der Waals surface area (Å²) < 4.78 is 19.0. The molecule has 0 unspecified atom stereocenters. The van der Waals surface area contributed by atoms with E-state index in [0.29, 0.717) is 55.8 Å². The molecule has 6 heteroatoms. The number of hydrogen-bond acceptors (Lipinski definition) is 3. The van der Waals surface area contributed by atoms with Crippen LogP contribution in [0.3, 0.4) is 0 Å². The molecule has 1 amide bonds. The highest BCUT2D eigenvalue weighted by atomic mass is 35.5. The van der Waals surface area contributed by atoms with Crippen molar-refractivity contribution in [2.24, 2.45) is 5.92 Å². The molecule has 1 aromatic carbocycles. The van der Waals surface area contributed by atoms with Crippen LogP contribution in [0.4, 0.5) is 9.18 Å². The lowest BCUT2D eigenvalue weighted by molar-refractivity contribution is 0.0673. The highest BCUT2D eigenvalue weighted by Gasteiger charge is 2.23. The maximum Gasteiger partial charge on any atom is 0.409 e. The van der Waals surface area contributed by atoms with Crippen molar-refractivity contribution < 1.29 is 13.9 Å². The first-order chi connectivity index (χ1) is 10.5. The Bertz CT molecular complexity index is 497. The van der Waals surface area contributed by atoms with E-state index in [0.717, 1.165) is 0 Å². The molecule has 1 heterocycles. The van der Waals surface area contributed by atoms with Crippen molar-refractivity contribution in [2.75, 3.05) is 32.8 Å². The predicted octanol–water partition coefficient (Wildman–Crippen LogP) is 3.39. The summed E-state index contributed by atoms with van der Waals surface area (Å²) in [6, 6.07) is 4.71. The van der Waals surface area contributed by atoms with Gasteiger partial charge >= 0.3 is 6.09 Å². The van der Waals surface area contributed by atoms with Gasteiger partial charge < -0.3 is 9.64 Å². The lowest BCUT2D eigenvalue weighted by atomic mass is 10.2. The average Bonchev–Trinajstić information content (AvgIpc) is 2.49. The summed E-state index contributed by atoms with van der Waals surface area (Å²) in [7, 11) is 0. The van der Waals surface area contributed by atoms with Crippen LogP contribution < -0.4 is 0 Å². The molecule has 1 aromatic rings. The summed E-state index contributed by atoms with van der Waals surface area (Å²) in [5, 5.41) is 0.443. The van der Waals surface area contributed by atoms with Crippen LogP contribution in [0.2, 0.25) is 5.02 Å². The van der Waals surface area contributed by atoms with Gasteiger partial charge in [0.1, 0.15) is 5.82 Å². The Kier molecular flexibility index (Phi) is 6.03. The third-order valence-electron chi connectivity index (χ3n) is 3.61. The Morgan fingerprint density at radius 3 is 2.59 bits per heavy atom. The lowest BCUT2D eigenvalue weighted by Crippen LogP contribution is -2.48. The topological polar surface area (TPSA) is 32.8 Å². The Morgan fingerprint density at radius 1 is 1.32 bits per heavy atom. The molecule has 1 aliphatic rings. The Balaban J connectivity index is 1.83.